The van der Waals surface area contributed by atoms with Crippen LogP contribution in [-0.4, -0.2) is 4.92 Å². The van der Waals surface area contributed by atoms with Crippen molar-refractivity contribution in [3.63, 3.8) is 0 Å². The SMILES string of the molecule is Cc1ccc2c(c1)Sc1cc([N+](=O)[O-])ccc1C2. The molecule has 0 aliphatic carbocycles. The van der Waals surface area contributed by atoms with Crippen molar-refractivity contribution in [1.82, 2.24) is 0 Å². The van der Waals surface area contributed by atoms with E-state index in [0.717, 1.165) is 11.3 Å². The molecule has 0 unspecified atom stereocenters. The number of nitro benzene ring substituents is 1. The number of fused-ring (bicyclic) bond motifs is 2. The number of hydrogen-bond acceptors (Lipinski definition) is 3. The van der Waals surface area contributed by atoms with Gasteiger partial charge in [-0.2, -0.15) is 0 Å². The topological polar surface area (TPSA) is 43.1 Å². The van der Waals surface area contributed by atoms with E-state index < -0.39 is 0 Å². The molecule has 0 radical (unpaired) electrons. The predicted octanol–water partition coefficient (Wildman–Crippen LogP) is 3.96. The fourth-order valence-corrected chi connectivity index (χ4v) is 3.33. The van der Waals surface area contributed by atoms with Crippen molar-refractivity contribution in [1.29, 1.82) is 0 Å². The summed E-state index contributed by atoms with van der Waals surface area (Å²) in [5.74, 6) is 0. The maximum absolute atomic E-state index is 10.8. The van der Waals surface area contributed by atoms with Gasteiger partial charge in [0.05, 0.1) is 4.92 Å². The van der Waals surface area contributed by atoms with Crippen LogP contribution in [0.3, 0.4) is 0 Å². The van der Waals surface area contributed by atoms with Crippen LogP contribution in [0.15, 0.2) is 46.2 Å². The van der Waals surface area contributed by atoms with Gasteiger partial charge in [-0.15, -0.1) is 0 Å². The Morgan fingerprint density at radius 2 is 1.78 bits per heavy atom. The van der Waals surface area contributed by atoms with E-state index in [1.54, 1.807) is 23.9 Å². The van der Waals surface area contributed by atoms with E-state index in [1.165, 1.54) is 21.6 Å². The monoisotopic (exact) mass is 257 g/mol. The van der Waals surface area contributed by atoms with Gasteiger partial charge in [-0.3, -0.25) is 10.1 Å². The Morgan fingerprint density at radius 1 is 1.11 bits per heavy atom. The highest BCUT2D eigenvalue weighted by Gasteiger charge is 2.18. The highest BCUT2D eigenvalue weighted by Crippen LogP contribution is 2.41. The van der Waals surface area contributed by atoms with Gasteiger partial charge in [0.2, 0.25) is 0 Å². The lowest BCUT2D eigenvalue weighted by Crippen LogP contribution is -2.00. The van der Waals surface area contributed by atoms with Crippen molar-refractivity contribution in [2.45, 2.75) is 23.1 Å². The van der Waals surface area contributed by atoms with Crippen LogP contribution in [0, 0.1) is 17.0 Å². The number of aryl methyl sites for hydroxylation is 1. The molecule has 0 spiro atoms. The van der Waals surface area contributed by atoms with Gasteiger partial charge in [0.15, 0.2) is 0 Å². The van der Waals surface area contributed by atoms with Crippen molar-refractivity contribution < 1.29 is 4.92 Å². The third-order valence-electron chi connectivity index (χ3n) is 3.09. The molecular weight excluding hydrogens is 246 g/mol. The second kappa shape index (κ2) is 4.14. The first kappa shape index (κ1) is 11.3. The van der Waals surface area contributed by atoms with Crippen LogP contribution in [-0.2, 0) is 6.42 Å². The van der Waals surface area contributed by atoms with Crippen LogP contribution < -0.4 is 0 Å². The molecule has 0 fully saturated rings. The number of nitro groups is 1. The molecule has 2 aromatic carbocycles. The lowest BCUT2D eigenvalue weighted by Gasteiger charge is -2.18. The van der Waals surface area contributed by atoms with Gasteiger partial charge in [0.1, 0.15) is 0 Å². The van der Waals surface area contributed by atoms with E-state index in [0.29, 0.717) is 0 Å². The van der Waals surface area contributed by atoms with Crippen LogP contribution in [0.5, 0.6) is 0 Å². The summed E-state index contributed by atoms with van der Waals surface area (Å²) in [6, 6.07) is 11.5. The Labute approximate surface area is 109 Å². The van der Waals surface area contributed by atoms with Crippen molar-refractivity contribution in [3.8, 4) is 0 Å². The molecular formula is C14H11NO2S. The molecule has 1 heterocycles. The third-order valence-corrected chi connectivity index (χ3v) is 4.28. The van der Waals surface area contributed by atoms with E-state index >= 15 is 0 Å². The molecule has 0 atom stereocenters. The average Bonchev–Trinajstić information content (AvgIpc) is 2.35. The molecule has 0 saturated heterocycles. The van der Waals surface area contributed by atoms with Crippen molar-refractivity contribution in [2.75, 3.05) is 0 Å². The van der Waals surface area contributed by atoms with Crippen LogP contribution in [0.1, 0.15) is 16.7 Å². The summed E-state index contributed by atoms with van der Waals surface area (Å²) < 4.78 is 0. The summed E-state index contributed by atoms with van der Waals surface area (Å²) in [6.07, 6.45) is 0.857. The van der Waals surface area contributed by atoms with Crippen LogP contribution in [0.25, 0.3) is 0 Å². The zero-order valence-electron chi connectivity index (χ0n) is 9.84. The minimum absolute atomic E-state index is 0.164. The van der Waals surface area contributed by atoms with Gasteiger partial charge < -0.3 is 0 Å². The number of hydrogen-bond donors (Lipinski definition) is 0. The molecule has 3 nitrogen and oxygen atoms in total. The summed E-state index contributed by atoms with van der Waals surface area (Å²) in [5, 5.41) is 10.8. The molecule has 90 valence electrons. The highest BCUT2D eigenvalue weighted by molar-refractivity contribution is 7.99. The predicted molar refractivity (Wildman–Crippen MR) is 71.2 cm³/mol. The maximum atomic E-state index is 10.8. The normalized spacial score (nSPS) is 12.7. The fraction of sp³-hybridized carbons (Fsp3) is 0.143. The molecule has 1 aliphatic rings. The fourth-order valence-electron chi connectivity index (χ4n) is 2.12. The number of rotatable bonds is 1. The minimum Gasteiger partial charge on any atom is -0.258 e. The summed E-state index contributed by atoms with van der Waals surface area (Å²) in [6.45, 7) is 2.06. The van der Waals surface area contributed by atoms with Gasteiger partial charge in [-0.25, -0.2) is 0 Å². The number of benzene rings is 2. The Hall–Kier alpha value is -1.81. The van der Waals surface area contributed by atoms with Crippen molar-refractivity contribution >= 4 is 17.4 Å². The molecule has 0 saturated carbocycles. The summed E-state index contributed by atoms with van der Waals surface area (Å²) in [7, 11) is 0. The highest BCUT2D eigenvalue weighted by atomic mass is 32.2. The van der Waals surface area contributed by atoms with E-state index in [4.69, 9.17) is 0 Å². The minimum atomic E-state index is -0.341. The van der Waals surface area contributed by atoms with Crippen LogP contribution >= 0.6 is 11.8 Å². The standard InChI is InChI=1S/C14H11NO2S/c1-9-2-3-10-7-11-4-5-12(15(16)17)8-14(11)18-13(10)6-9/h2-6,8H,7H2,1H3. The molecule has 18 heavy (non-hydrogen) atoms. The van der Waals surface area contributed by atoms with E-state index in [-0.39, 0.29) is 10.6 Å². The molecule has 1 aliphatic heterocycles. The van der Waals surface area contributed by atoms with Crippen molar-refractivity contribution in [2.24, 2.45) is 0 Å². The third kappa shape index (κ3) is 1.88. The second-order valence-corrected chi connectivity index (χ2v) is 5.52. The molecule has 3 rings (SSSR count). The molecule has 0 amide bonds. The summed E-state index contributed by atoms with van der Waals surface area (Å²) >= 11 is 1.62. The maximum Gasteiger partial charge on any atom is 0.270 e. The number of nitrogens with zero attached hydrogens (tertiary/aromatic N) is 1. The first-order chi connectivity index (χ1) is 8.63. The van der Waals surface area contributed by atoms with Gasteiger partial charge >= 0.3 is 0 Å². The lowest BCUT2D eigenvalue weighted by molar-refractivity contribution is -0.385. The van der Waals surface area contributed by atoms with Crippen LogP contribution in [0.2, 0.25) is 0 Å². The Kier molecular flexibility index (Phi) is 2.59. The van der Waals surface area contributed by atoms with Gasteiger partial charge in [0, 0.05) is 21.9 Å². The molecule has 0 bridgehead atoms. The van der Waals surface area contributed by atoms with Gasteiger partial charge in [-0.05, 0) is 36.1 Å². The van der Waals surface area contributed by atoms with E-state index in [9.17, 15) is 10.1 Å². The largest absolute Gasteiger partial charge is 0.270 e. The van der Waals surface area contributed by atoms with Crippen molar-refractivity contribution in [3.05, 3.63) is 63.2 Å². The molecule has 0 aromatic heterocycles. The summed E-state index contributed by atoms with van der Waals surface area (Å²) in [4.78, 5) is 12.7. The second-order valence-electron chi connectivity index (χ2n) is 4.44. The first-order valence-electron chi connectivity index (χ1n) is 5.68. The van der Waals surface area contributed by atoms with Crippen LogP contribution in [0.4, 0.5) is 5.69 Å². The van der Waals surface area contributed by atoms with Gasteiger partial charge in [-0.1, -0.05) is 30.0 Å². The smallest absolute Gasteiger partial charge is 0.258 e. The van der Waals surface area contributed by atoms with E-state index in [1.807, 2.05) is 6.07 Å². The van der Waals surface area contributed by atoms with E-state index in [2.05, 4.69) is 25.1 Å². The molecule has 2 aromatic rings. The zero-order chi connectivity index (χ0) is 12.7. The Balaban J connectivity index is 2.05. The first-order valence-corrected chi connectivity index (χ1v) is 6.50. The summed E-state index contributed by atoms with van der Waals surface area (Å²) in [5.41, 5.74) is 3.85. The molecule has 0 N–H and O–H groups in total. The van der Waals surface area contributed by atoms with Gasteiger partial charge in [0.25, 0.3) is 5.69 Å². The lowest BCUT2D eigenvalue weighted by atomic mass is 10.0. The Morgan fingerprint density at radius 3 is 2.50 bits per heavy atom. The Bertz CT molecular complexity index is 652. The average molecular weight is 257 g/mol. The quantitative estimate of drug-likeness (QED) is 0.489. The zero-order valence-corrected chi connectivity index (χ0v) is 10.7. The number of non-ortho nitro benzene ring substituents is 1. The molecule has 4 heteroatoms.